The number of carboxylic acid groups (broad SMARTS) is 1. The van der Waals surface area contributed by atoms with E-state index < -0.39 is 11.5 Å². The Kier molecular flexibility index (Phi) is 2.33. The molecule has 52 valence electrons. The van der Waals surface area contributed by atoms with Gasteiger partial charge in [-0.05, 0) is 6.42 Å². The average Bonchev–Trinajstić information content (AvgIpc) is 1.86. The largest absolute Gasteiger partial charge is 0.480 e. The molecule has 4 heteroatoms. The number of hydrogen-bond donors (Lipinski definition) is 3. The molecular weight excluding hydrogens is 120 g/mol. The molecule has 0 radical (unpaired) electrons. The highest BCUT2D eigenvalue weighted by Gasteiger charge is 2.28. The van der Waals surface area contributed by atoms with Gasteiger partial charge in [-0.3, -0.25) is 0 Å². The van der Waals surface area contributed by atoms with E-state index in [2.05, 4.69) is 0 Å². The van der Waals surface area contributed by atoms with Gasteiger partial charge in [-0.25, -0.2) is 4.79 Å². The van der Waals surface area contributed by atoms with E-state index in [4.69, 9.17) is 16.2 Å². The molecule has 0 rings (SSSR count). The molecule has 0 saturated carbocycles. The summed E-state index contributed by atoms with van der Waals surface area (Å²) >= 11 is 0. The van der Waals surface area contributed by atoms with E-state index in [0.29, 0.717) is 0 Å². The lowest BCUT2D eigenvalue weighted by Gasteiger charge is -2.15. The molecule has 0 aliphatic rings. The fourth-order valence-corrected chi connectivity index (χ4v) is 0.315. The lowest BCUT2D eigenvalue weighted by molar-refractivity contribution is -0.140. The van der Waals surface area contributed by atoms with E-state index >= 15 is 0 Å². The maximum atomic E-state index is 10.2. The van der Waals surface area contributed by atoms with Gasteiger partial charge < -0.3 is 16.2 Å². The van der Waals surface area contributed by atoms with Crippen LogP contribution in [0.2, 0.25) is 0 Å². The molecule has 0 aromatic carbocycles. The second kappa shape index (κ2) is 2.59. The minimum atomic E-state index is -1.46. The zero-order chi connectivity index (χ0) is 7.49. The van der Waals surface area contributed by atoms with Gasteiger partial charge in [0.2, 0.25) is 0 Å². The number of rotatable bonds is 3. The van der Waals surface area contributed by atoms with Gasteiger partial charge in [0, 0.05) is 6.21 Å². The van der Waals surface area contributed by atoms with E-state index in [1.807, 2.05) is 0 Å². The van der Waals surface area contributed by atoms with Crippen LogP contribution in [0.5, 0.6) is 0 Å². The molecule has 0 heterocycles. The Morgan fingerprint density at radius 1 is 2.00 bits per heavy atom. The number of carboxylic acids is 1. The third-order valence-corrected chi connectivity index (χ3v) is 1.24. The lowest BCUT2D eigenvalue weighted by Crippen LogP contribution is -2.48. The predicted molar refractivity (Wildman–Crippen MR) is 33.6 cm³/mol. The van der Waals surface area contributed by atoms with Crippen molar-refractivity contribution in [2.75, 3.05) is 0 Å². The van der Waals surface area contributed by atoms with Gasteiger partial charge in [0.1, 0.15) is 5.54 Å². The summed E-state index contributed by atoms with van der Waals surface area (Å²) in [6, 6.07) is 0. The minimum Gasteiger partial charge on any atom is -0.480 e. The average molecular weight is 130 g/mol. The standard InChI is InChI=1S/C5H10N2O2/c1-2-5(7,3-6)4(8)9/h3,6H,2,7H2,1H3,(H,8,9). The maximum absolute atomic E-state index is 10.2. The van der Waals surface area contributed by atoms with Gasteiger partial charge in [0.25, 0.3) is 0 Å². The second-order valence-corrected chi connectivity index (χ2v) is 1.84. The molecule has 0 aliphatic heterocycles. The molecule has 0 aliphatic carbocycles. The van der Waals surface area contributed by atoms with Crippen LogP contribution in [0.25, 0.3) is 0 Å². The molecule has 0 aromatic heterocycles. The number of nitrogens with two attached hydrogens (primary N) is 1. The van der Waals surface area contributed by atoms with E-state index in [-0.39, 0.29) is 6.42 Å². The normalized spacial score (nSPS) is 16.2. The van der Waals surface area contributed by atoms with Crippen LogP contribution in [-0.2, 0) is 4.79 Å². The lowest BCUT2D eigenvalue weighted by atomic mass is 10.0. The summed E-state index contributed by atoms with van der Waals surface area (Å²) in [7, 11) is 0. The first kappa shape index (κ1) is 8.10. The number of nitrogens with one attached hydrogen (secondary N) is 1. The van der Waals surface area contributed by atoms with Crippen molar-refractivity contribution in [1.29, 1.82) is 5.41 Å². The Hall–Kier alpha value is -0.900. The summed E-state index contributed by atoms with van der Waals surface area (Å²) in [5.74, 6) is -1.15. The third-order valence-electron chi connectivity index (χ3n) is 1.24. The van der Waals surface area contributed by atoms with Gasteiger partial charge >= 0.3 is 5.97 Å². The van der Waals surface area contributed by atoms with Crippen LogP contribution in [0.15, 0.2) is 0 Å². The van der Waals surface area contributed by atoms with E-state index in [0.717, 1.165) is 6.21 Å². The Morgan fingerprint density at radius 3 is 2.44 bits per heavy atom. The summed E-state index contributed by atoms with van der Waals surface area (Å²) in [6.45, 7) is 1.62. The summed E-state index contributed by atoms with van der Waals surface area (Å²) in [4.78, 5) is 10.2. The van der Waals surface area contributed by atoms with Crippen molar-refractivity contribution in [2.24, 2.45) is 5.73 Å². The molecule has 1 unspecified atom stereocenters. The molecule has 0 amide bonds. The van der Waals surface area contributed by atoms with Crippen LogP contribution in [0.4, 0.5) is 0 Å². The molecule has 9 heavy (non-hydrogen) atoms. The fourth-order valence-electron chi connectivity index (χ4n) is 0.315. The smallest absolute Gasteiger partial charge is 0.329 e. The first-order valence-corrected chi connectivity index (χ1v) is 2.60. The SMILES string of the molecule is CCC(N)(C=N)C(=O)O. The van der Waals surface area contributed by atoms with Gasteiger partial charge in [0.05, 0.1) is 0 Å². The second-order valence-electron chi connectivity index (χ2n) is 1.84. The van der Waals surface area contributed by atoms with E-state index in [1.165, 1.54) is 0 Å². The summed E-state index contributed by atoms with van der Waals surface area (Å²) < 4.78 is 0. The Morgan fingerprint density at radius 2 is 2.44 bits per heavy atom. The minimum absolute atomic E-state index is 0.242. The number of hydrogen-bond acceptors (Lipinski definition) is 3. The van der Waals surface area contributed by atoms with Gasteiger partial charge in [0.15, 0.2) is 0 Å². The first-order chi connectivity index (χ1) is 4.06. The fraction of sp³-hybridized carbons (Fsp3) is 0.600. The topological polar surface area (TPSA) is 87.2 Å². The van der Waals surface area contributed by atoms with Crippen LogP contribution in [0, 0.1) is 5.41 Å². The Balaban J connectivity index is 4.27. The molecule has 1 atom stereocenters. The van der Waals surface area contributed by atoms with Crippen molar-refractivity contribution in [3.63, 3.8) is 0 Å². The van der Waals surface area contributed by atoms with Gasteiger partial charge in [-0.15, -0.1) is 0 Å². The molecule has 0 fully saturated rings. The van der Waals surface area contributed by atoms with Crippen molar-refractivity contribution >= 4 is 12.2 Å². The van der Waals surface area contributed by atoms with Crippen molar-refractivity contribution in [1.82, 2.24) is 0 Å². The van der Waals surface area contributed by atoms with Crippen molar-refractivity contribution in [3.05, 3.63) is 0 Å². The highest BCUT2D eigenvalue weighted by atomic mass is 16.4. The van der Waals surface area contributed by atoms with Crippen molar-refractivity contribution < 1.29 is 9.90 Å². The van der Waals surface area contributed by atoms with Crippen LogP contribution < -0.4 is 5.73 Å². The maximum Gasteiger partial charge on any atom is 0.329 e. The van der Waals surface area contributed by atoms with Crippen LogP contribution in [-0.4, -0.2) is 22.8 Å². The van der Waals surface area contributed by atoms with E-state index in [1.54, 1.807) is 6.92 Å². The monoisotopic (exact) mass is 130 g/mol. The number of carbonyl (C=O) groups is 1. The highest BCUT2D eigenvalue weighted by molar-refractivity contribution is 5.97. The molecule has 0 aromatic rings. The molecule has 4 N–H and O–H groups in total. The Labute approximate surface area is 53.2 Å². The van der Waals surface area contributed by atoms with Gasteiger partial charge in [-0.2, -0.15) is 0 Å². The number of aliphatic carboxylic acids is 1. The summed E-state index contributed by atoms with van der Waals surface area (Å²) in [5.41, 5.74) is 3.74. The van der Waals surface area contributed by atoms with Gasteiger partial charge in [-0.1, -0.05) is 6.92 Å². The summed E-state index contributed by atoms with van der Waals surface area (Å²) in [6.07, 6.45) is 0.987. The zero-order valence-electron chi connectivity index (χ0n) is 5.22. The molecule has 4 nitrogen and oxygen atoms in total. The molecule has 0 saturated heterocycles. The van der Waals surface area contributed by atoms with Crippen molar-refractivity contribution in [3.8, 4) is 0 Å². The molecular formula is C5H10N2O2. The quantitative estimate of drug-likeness (QED) is 0.463. The summed E-state index contributed by atoms with van der Waals surface area (Å²) in [5, 5.41) is 15.0. The molecule has 0 spiro atoms. The van der Waals surface area contributed by atoms with E-state index in [9.17, 15) is 4.79 Å². The van der Waals surface area contributed by atoms with Crippen molar-refractivity contribution in [2.45, 2.75) is 18.9 Å². The van der Waals surface area contributed by atoms with Crippen LogP contribution in [0.3, 0.4) is 0 Å². The van der Waals surface area contributed by atoms with Crippen LogP contribution >= 0.6 is 0 Å². The molecule has 0 bridgehead atoms. The Bertz CT molecular complexity index is 135. The zero-order valence-corrected chi connectivity index (χ0v) is 5.22. The van der Waals surface area contributed by atoms with Crippen LogP contribution in [0.1, 0.15) is 13.3 Å². The first-order valence-electron chi connectivity index (χ1n) is 2.60. The highest BCUT2D eigenvalue weighted by Crippen LogP contribution is 2.00. The predicted octanol–water partition coefficient (Wildman–Crippen LogP) is -0.172. The third kappa shape index (κ3) is 1.50.